The highest BCUT2D eigenvalue weighted by Crippen LogP contribution is 2.39. The van der Waals surface area contributed by atoms with Gasteiger partial charge in [0.2, 0.25) is 0 Å². The van der Waals surface area contributed by atoms with Crippen LogP contribution in [0.15, 0.2) is 59.8 Å². The summed E-state index contributed by atoms with van der Waals surface area (Å²) in [5, 5.41) is 13.6. The second kappa shape index (κ2) is 7.81. The number of nitrogens with two attached hydrogens (primary N) is 1. The van der Waals surface area contributed by atoms with Gasteiger partial charge in [0, 0.05) is 5.54 Å². The van der Waals surface area contributed by atoms with Crippen molar-refractivity contribution in [3.63, 3.8) is 0 Å². The Balaban J connectivity index is 1.59. The van der Waals surface area contributed by atoms with E-state index in [1.807, 2.05) is 37.3 Å². The van der Waals surface area contributed by atoms with E-state index in [9.17, 15) is 5.11 Å². The van der Waals surface area contributed by atoms with Crippen molar-refractivity contribution in [3.05, 3.63) is 71.3 Å². The Morgan fingerprint density at radius 2 is 1.92 bits per heavy atom. The second-order valence-corrected chi connectivity index (χ2v) is 7.02. The van der Waals surface area contributed by atoms with Crippen molar-refractivity contribution in [2.24, 2.45) is 10.9 Å². The van der Waals surface area contributed by atoms with E-state index >= 15 is 0 Å². The maximum Gasteiger partial charge on any atom is 0.142 e. The zero-order chi connectivity index (χ0) is 17.7. The lowest BCUT2D eigenvalue weighted by Crippen LogP contribution is -2.40. The molecule has 2 aromatic rings. The van der Waals surface area contributed by atoms with Crippen LogP contribution < -0.4 is 5.73 Å². The summed E-state index contributed by atoms with van der Waals surface area (Å²) in [5.74, 6) is 0.428. The number of nitrogens with zero attached hydrogens (tertiary/aromatic N) is 1. The first-order valence-electron chi connectivity index (χ1n) is 8.80. The zero-order valence-corrected chi connectivity index (χ0v) is 14.7. The summed E-state index contributed by atoms with van der Waals surface area (Å²) in [6.07, 6.45) is 2.75. The average molecular weight is 338 g/mol. The van der Waals surface area contributed by atoms with Crippen molar-refractivity contribution in [2.75, 3.05) is 6.61 Å². The molecule has 0 amide bonds. The van der Waals surface area contributed by atoms with E-state index < -0.39 is 5.54 Å². The van der Waals surface area contributed by atoms with Crippen LogP contribution in [0, 0.1) is 0 Å². The Hall–Kier alpha value is -2.17. The largest absolute Gasteiger partial charge is 0.394 e. The van der Waals surface area contributed by atoms with Crippen LogP contribution in [0.1, 0.15) is 48.8 Å². The Morgan fingerprint density at radius 1 is 1.20 bits per heavy atom. The molecule has 0 aliphatic heterocycles. The molecule has 0 aromatic heterocycles. The molecule has 0 unspecified atom stereocenters. The molecule has 1 aliphatic rings. The van der Waals surface area contributed by atoms with Crippen LogP contribution in [0.25, 0.3) is 0 Å². The molecule has 1 aliphatic carbocycles. The van der Waals surface area contributed by atoms with Gasteiger partial charge in [-0.25, -0.2) is 0 Å². The van der Waals surface area contributed by atoms with Gasteiger partial charge >= 0.3 is 0 Å². The third kappa shape index (κ3) is 4.47. The molecule has 0 heterocycles. The summed E-state index contributed by atoms with van der Waals surface area (Å²) >= 11 is 0. The SMILES string of the molecule is C/C(=N\OCc1ccccc1)c1ccc([C@@H]2CC[C@](N)(CO)C2)cc1. The number of aliphatic hydroxyl groups excluding tert-OH is 1. The fourth-order valence-corrected chi connectivity index (χ4v) is 3.41. The molecular formula is C21H26N2O2. The van der Waals surface area contributed by atoms with Crippen molar-refractivity contribution in [1.82, 2.24) is 0 Å². The van der Waals surface area contributed by atoms with Crippen LogP contribution in [-0.2, 0) is 11.4 Å². The smallest absolute Gasteiger partial charge is 0.142 e. The monoisotopic (exact) mass is 338 g/mol. The molecule has 1 saturated carbocycles. The molecule has 0 saturated heterocycles. The highest BCUT2D eigenvalue weighted by atomic mass is 16.6. The third-order valence-electron chi connectivity index (χ3n) is 5.03. The maximum atomic E-state index is 9.42. The lowest BCUT2D eigenvalue weighted by molar-refractivity contribution is 0.130. The summed E-state index contributed by atoms with van der Waals surface area (Å²) in [5.41, 5.74) is 10.1. The molecule has 0 radical (unpaired) electrons. The Labute approximate surface area is 149 Å². The van der Waals surface area contributed by atoms with Crippen LogP contribution in [-0.4, -0.2) is 23.0 Å². The van der Waals surface area contributed by atoms with Gasteiger partial charge < -0.3 is 15.7 Å². The number of oxime groups is 1. The van der Waals surface area contributed by atoms with Crippen molar-refractivity contribution in [1.29, 1.82) is 0 Å². The molecule has 25 heavy (non-hydrogen) atoms. The average Bonchev–Trinajstić information content (AvgIpc) is 3.06. The van der Waals surface area contributed by atoms with Gasteiger partial charge in [0.05, 0.1) is 12.3 Å². The minimum Gasteiger partial charge on any atom is -0.394 e. The van der Waals surface area contributed by atoms with Gasteiger partial charge in [-0.15, -0.1) is 0 Å². The van der Waals surface area contributed by atoms with Crippen LogP contribution >= 0.6 is 0 Å². The van der Waals surface area contributed by atoms with Gasteiger partial charge in [0.1, 0.15) is 6.61 Å². The van der Waals surface area contributed by atoms with Crippen molar-refractivity contribution in [2.45, 2.75) is 44.2 Å². The number of rotatable bonds is 6. The van der Waals surface area contributed by atoms with Crippen molar-refractivity contribution < 1.29 is 9.94 Å². The topological polar surface area (TPSA) is 67.8 Å². The van der Waals surface area contributed by atoms with Crippen LogP contribution in [0.2, 0.25) is 0 Å². The molecule has 132 valence electrons. The molecule has 0 bridgehead atoms. The fourth-order valence-electron chi connectivity index (χ4n) is 3.41. The third-order valence-corrected chi connectivity index (χ3v) is 5.03. The minimum absolute atomic E-state index is 0.0616. The first kappa shape index (κ1) is 17.6. The minimum atomic E-state index is -0.411. The molecular weight excluding hydrogens is 312 g/mol. The Bertz CT molecular complexity index is 712. The molecule has 0 spiro atoms. The quantitative estimate of drug-likeness (QED) is 0.625. The van der Waals surface area contributed by atoms with Gasteiger partial charge in [-0.2, -0.15) is 0 Å². The number of hydrogen-bond acceptors (Lipinski definition) is 4. The summed E-state index contributed by atoms with van der Waals surface area (Å²) in [4.78, 5) is 5.45. The standard InChI is InChI=1S/C21H26N2O2/c1-16(23-25-14-17-5-3-2-4-6-17)18-7-9-19(10-8-18)20-11-12-21(22,13-20)15-24/h2-10,20,24H,11-15,22H2,1H3/b23-16+/t20-,21-/m1/s1. The first-order chi connectivity index (χ1) is 12.1. The van der Waals surface area contributed by atoms with Gasteiger partial charge in [0.25, 0.3) is 0 Å². The summed E-state index contributed by atoms with van der Waals surface area (Å²) < 4.78 is 0. The molecule has 2 atom stereocenters. The summed E-state index contributed by atoms with van der Waals surface area (Å²) in [6, 6.07) is 18.4. The van der Waals surface area contributed by atoms with Crippen molar-refractivity contribution >= 4 is 5.71 Å². The van der Waals surface area contributed by atoms with E-state index in [1.54, 1.807) is 0 Å². The van der Waals surface area contributed by atoms with Gasteiger partial charge in [-0.05, 0) is 48.8 Å². The number of benzene rings is 2. The van der Waals surface area contributed by atoms with Gasteiger partial charge in [-0.1, -0.05) is 59.8 Å². The molecule has 4 nitrogen and oxygen atoms in total. The zero-order valence-electron chi connectivity index (χ0n) is 14.7. The van der Waals surface area contributed by atoms with Crippen molar-refractivity contribution in [3.8, 4) is 0 Å². The second-order valence-electron chi connectivity index (χ2n) is 7.02. The molecule has 2 aromatic carbocycles. The molecule has 1 fully saturated rings. The Kier molecular flexibility index (Phi) is 5.51. The molecule has 3 rings (SSSR count). The normalized spacial score (nSPS) is 23.6. The van der Waals surface area contributed by atoms with E-state index in [2.05, 4.69) is 29.4 Å². The highest BCUT2D eigenvalue weighted by molar-refractivity contribution is 5.98. The van der Waals surface area contributed by atoms with Gasteiger partial charge in [-0.3, -0.25) is 0 Å². The van der Waals surface area contributed by atoms with E-state index in [1.165, 1.54) is 5.56 Å². The lowest BCUT2D eigenvalue weighted by Gasteiger charge is -2.20. The first-order valence-corrected chi connectivity index (χ1v) is 8.80. The maximum absolute atomic E-state index is 9.42. The number of hydrogen-bond donors (Lipinski definition) is 2. The predicted molar refractivity (Wildman–Crippen MR) is 100 cm³/mol. The highest BCUT2D eigenvalue weighted by Gasteiger charge is 2.35. The van der Waals surface area contributed by atoms with E-state index in [4.69, 9.17) is 10.6 Å². The summed E-state index contributed by atoms with van der Waals surface area (Å²) in [6.45, 7) is 2.48. The van der Waals surface area contributed by atoms with E-state index in [0.717, 1.165) is 36.1 Å². The molecule has 3 N–H and O–H groups in total. The molecule has 4 heteroatoms. The van der Waals surface area contributed by atoms with E-state index in [-0.39, 0.29) is 6.61 Å². The number of aliphatic hydroxyl groups is 1. The van der Waals surface area contributed by atoms with E-state index in [0.29, 0.717) is 12.5 Å². The fraction of sp³-hybridized carbons (Fsp3) is 0.381. The van der Waals surface area contributed by atoms with Gasteiger partial charge in [0.15, 0.2) is 0 Å². The summed E-state index contributed by atoms with van der Waals surface area (Å²) in [7, 11) is 0. The van der Waals surface area contributed by atoms with Crippen LogP contribution in [0.4, 0.5) is 0 Å². The lowest BCUT2D eigenvalue weighted by atomic mass is 9.93. The van der Waals surface area contributed by atoms with Crippen LogP contribution in [0.3, 0.4) is 0 Å². The van der Waals surface area contributed by atoms with Crippen LogP contribution in [0.5, 0.6) is 0 Å². The predicted octanol–water partition coefficient (Wildman–Crippen LogP) is 3.58. The Morgan fingerprint density at radius 3 is 2.56 bits per heavy atom.